The number of carbonyl (C=O) groups is 1. The Morgan fingerprint density at radius 2 is 2.06 bits per heavy atom. The summed E-state index contributed by atoms with van der Waals surface area (Å²) in [5, 5.41) is 1.30. The van der Waals surface area contributed by atoms with Crippen LogP contribution in [0.4, 0.5) is 4.39 Å². The Hall–Kier alpha value is -0.900. The molecule has 2 unspecified atom stereocenters. The first-order chi connectivity index (χ1) is 8.63. The number of hydrogen-bond acceptors (Lipinski definition) is 3. The van der Waals surface area contributed by atoms with E-state index in [1.54, 1.807) is 6.92 Å². The molecule has 2 nitrogen and oxygen atoms in total. The van der Waals surface area contributed by atoms with E-state index in [1.165, 1.54) is 18.9 Å². The lowest BCUT2D eigenvalue weighted by atomic mass is 9.91. The van der Waals surface area contributed by atoms with Crippen molar-refractivity contribution >= 4 is 17.5 Å². The van der Waals surface area contributed by atoms with Gasteiger partial charge in [-0.3, -0.25) is 4.79 Å². The predicted octanol–water partition coefficient (Wildman–Crippen LogP) is 3.39. The van der Waals surface area contributed by atoms with Crippen molar-refractivity contribution in [2.75, 3.05) is 0 Å². The van der Waals surface area contributed by atoms with Gasteiger partial charge in [0.15, 0.2) is 5.78 Å². The van der Waals surface area contributed by atoms with Crippen LogP contribution in [0, 0.1) is 18.7 Å². The van der Waals surface area contributed by atoms with Crippen LogP contribution in [0.25, 0.3) is 0 Å². The van der Waals surface area contributed by atoms with E-state index >= 15 is 0 Å². The van der Waals surface area contributed by atoms with Crippen LogP contribution in [0.15, 0.2) is 12.3 Å². The number of rotatable bonds is 2. The topological polar surface area (TPSA) is 30.0 Å². The van der Waals surface area contributed by atoms with Crippen LogP contribution in [0.5, 0.6) is 0 Å². The quantitative estimate of drug-likeness (QED) is 0.768. The molecule has 0 N–H and O–H groups in total. The zero-order valence-corrected chi connectivity index (χ0v) is 11.2. The van der Waals surface area contributed by atoms with E-state index in [1.807, 2.05) is 11.8 Å². The highest BCUT2D eigenvalue weighted by Crippen LogP contribution is 2.46. The molecule has 2 aliphatic heterocycles. The van der Waals surface area contributed by atoms with E-state index in [0.717, 1.165) is 19.0 Å². The Balaban J connectivity index is 1.82. The van der Waals surface area contributed by atoms with Gasteiger partial charge >= 0.3 is 0 Å². The van der Waals surface area contributed by atoms with Gasteiger partial charge in [-0.05, 0) is 44.2 Å². The summed E-state index contributed by atoms with van der Waals surface area (Å²) >= 11 is 2.04. The van der Waals surface area contributed by atoms with E-state index < -0.39 is 0 Å². The monoisotopic (exact) mass is 265 g/mol. The highest BCUT2D eigenvalue weighted by atomic mass is 32.2. The lowest BCUT2D eigenvalue weighted by Crippen LogP contribution is -2.26. The molecule has 3 rings (SSSR count). The number of fused-ring (bicyclic) bond motifs is 2. The van der Waals surface area contributed by atoms with Crippen LogP contribution < -0.4 is 0 Å². The van der Waals surface area contributed by atoms with Gasteiger partial charge in [-0.2, -0.15) is 11.8 Å². The first-order valence-electron chi connectivity index (χ1n) is 6.45. The lowest BCUT2D eigenvalue weighted by Gasteiger charge is -2.26. The minimum Gasteiger partial charge on any atom is -0.292 e. The summed E-state index contributed by atoms with van der Waals surface area (Å²) in [6.07, 6.45) is 5.58. The average molecular weight is 265 g/mol. The molecule has 2 fully saturated rings. The average Bonchev–Trinajstić information content (AvgIpc) is 2.67. The van der Waals surface area contributed by atoms with Crippen molar-refractivity contribution in [3.8, 4) is 0 Å². The fourth-order valence-electron chi connectivity index (χ4n) is 3.06. The molecular formula is C14H16FNOS. The first-order valence-corrected chi connectivity index (χ1v) is 7.39. The third kappa shape index (κ3) is 2.18. The first kappa shape index (κ1) is 12.2. The molecule has 4 heteroatoms. The Labute approximate surface area is 110 Å². The molecule has 2 bridgehead atoms. The second kappa shape index (κ2) is 4.65. The van der Waals surface area contributed by atoms with Gasteiger partial charge in [0.2, 0.25) is 0 Å². The number of aromatic nitrogens is 1. The van der Waals surface area contributed by atoms with Gasteiger partial charge in [-0.1, -0.05) is 0 Å². The number of nitrogens with zero attached hydrogens (tertiary/aromatic N) is 1. The zero-order chi connectivity index (χ0) is 12.7. The molecule has 0 aromatic carbocycles. The molecule has 2 saturated heterocycles. The van der Waals surface area contributed by atoms with E-state index in [2.05, 4.69) is 4.98 Å². The van der Waals surface area contributed by atoms with Crippen LogP contribution in [0.2, 0.25) is 0 Å². The summed E-state index contributed by atoms with van der Waals surface area (Å²) in [7, 11) is 0. The molecule has 0 aliphatic carbocycles. The van der Waals surface area contributed by atoms with E-state index in [9.17, 15) is 9.18 Å². The number of aryl methyl sites for hydroxylation is 1. The summed E-state index contributed by atoms with van der Waals surface area (Å²) in [5.74, 6) is -0.159. The van der Waals surface area contributed by atoms with Gasteiger partial charge in [0.25, 0.3) is 0 Å². The SMILES string of the molecule is Cc1cc(F)cnc1C(=O)C1CC2CCC(C1)S2. The maximum Gasteiger partial charge on any atom is 0.184 e. The van der Waals surface area contributed by atoms with E-state index in [4.69, 9.17) is 0 Å². The van der Waals surface area contributed by atoms with Gasteiger partial charge in [0.05, 0.1) is 6.20 Å². The smallest absolute Gasteiger partial charge is 0.184 e. The summed E-state index contributed by atoms with van der Waals surface area (Å²) in [6.45, 7) is 1.76. The standard InChI is InChI=1S/C14H16FNOS/c1-8-4-10(15)7-16-13(8)14(17)9-5-11-2-3-12(6-9)18-11/h4,7,9,11-12H,2-3,5-6H2,1H3. The summed E-state index contributed by atoms with van der Waals surface area (Å²) in [5.41, 5.74) is 1.12. The summed E-state index contributed by atoms with van der Waals surface area (Å²) < 4.78 is 13.0. The van der Waals surface area contributed by atoms with Crippen molar-refractivity contribution in [2.24, 2.45) is 5.92 Å². The highest BCUT2D eigenvalue weighted by Gasteiger charge is 2.38. The zero-order valence-electron chi connectivity index (χ0n) is 10.4. The van der Waals surface area contributed by atoms with Crippen LogP contribution in [-0.2, 0) is 0 Å². The minimum atomic E-state index is -0.372. The molecule has 0 saturated carbocycles. The number of pyridine rings is 1. The summed E-state index contributed by atoms with van der Waals surface area (Å²) in [6, 6.07) is 1.40. The summed E-state index contributed by atoms with van der Waals surface area (Å²) in [4.78, 5) is 16.4. The Bertz CT molecular complexity index is 479. The molecule has 1 aromatic heterocycles. The van der Waals surface area contributed by atoms with Crippen LogP contribution >= 0.6 is 11.8 Å². The number of carbonyl (C=O) groups excluding carboxylic acids is 1. The fourth-order valence-corrected chi connectivity index (χ4v) is 4.84. The molecule has 0 amide bonds. The van der Waals surface area contributed by atoms with E-state index in [-0.39, 0.29) is 17.5 Å². The molecule has 1 aromatic rings. The van der Waals surface area contributed by atoms with Crippen molar-refractivity contribution < 1.29 is 9.18 Å². The van der Waals surface area contributed by atoms with Crippen molar-refractivity contribution in [1.29, 1.82) is 0 Å². The predicted molar refractivity (Wildman–Crippen MR) is 70.4 cm³/mol. The van der Waals surface area contributed by atoms with Crippen molar-refractivity contribution in [1.82, 2.24) is 4.98 Å². The van der Waals surface area contributed by atoms with E-state index in [0.29, 0.717) is 21.8 Å². The molecule has 2 atom stereocenters. The molecular weight excluding hydrogens is 249 g/mol. The van der Waals surface area contributed by atoms with Crippen LogP contribution in [0.3, 0.4) is 0 Å². The molecule has 0 radical (unpaired) electrons. The second-order valence-electron chi connectivity index (χ2n) is 5.31. The lowest BCUT2D eigenvalue weighted by molar-refractivity contribution is 0.0901. The van der Waals surface area contributed by atoms with Crippen molar-refractivity contribution in [2.45, 2.75) is 43.1 Å². The largest absolute Gasteiger partial charge is 0.292 e. The third-order valence-electron chi connectivity index (χ3n) is 3.94. The van der Waals surface area contributed by atoms with Crippen LogP contribution in [0.1, 0.15) is 41.7 Å². The molecule has 0 spiro atoms. The van der Waals surface area contributed by atoms with Gasteiger partial charge in [0.1, 0.15) is 11.5 Å². The Morgan fingerprint density at radius 3 is 2.67 bits per heavy atom. The second-order valence-corrected chi connectivity index (χ2v) is 6.91. The van der Waals surface area contributed by atoms with Gasteiger partial charge in [-0.25, -0.2) is 9.37 Å². The third-order valence-corrected chi connectivity index (χ3v) is 5.57. The van der Waals surface area contributed by atoms with Crippen LogP contribution in [-0.4, -0.2) is 21.3 Å². The van der Waals surface area contributed by atoms with Gasteiger partial charge in [0, 0.05) is 16.4 Å². The Morgan fingerprint density at radius 1 is 1.39 bits per heavy atom. The number of halogens is 1. The fraction of sp³-hybridized carbons (Fsp3) is 0.571. The maximum absolute atomic E-state index is 13.0. The van der Waals surface area contributed by atoms with Gasteiger partial charge in [-0.15, -0.1) is 0 Å². The van der Waals surface area contributed by atoms with Crippen molar-refractivity contribution in [3.63, 3.8) is 0 Å². The normalized spacial score (nSPS) is 30.4. The number of ketones is 1. The number of hydrogen-bond donors (Lipinski definition) is 0. The van der Waals surface area contributed by atoms with Crippen molar-refractivity contribution in [3.05, 3.63) is 29.3 Å². The number of thioether (sulfide) groups is 1. The molecule has 96 valence electrons. The molecule has 3 heterocycles. The maximum atomic E-state index is 13.0. The minimum absolute atomic E-state index is 0.0976. The highest BCUT2D eigenvalue weighted by molar-refractivity contribution is 8.00. The van der Waals surface area contributed by atoms with Gasteiger partial charge < -0.3 is 0 Å². The number of Topliss-reactive ketones (excluding diaryl/α,β-unsaturated/α-hetero) is 1. The molecule has 2 aliphatic rings. The Kier molecular flexibility index (Phi) is 3.14. The molecule has 18 heavy (non-hydrogen) atoms.